The van der Waals surface area contributed by atoms with E-state index in [1.54, 1.807) is 0 Å². The molecule has 1 aliphatic carbocycles. The third kappa shape index (κ3) is 3.37. The number of aryl methyl sites for hydroxylation is 1. The van der Waals surface area contributed by atoms with Gasteiger partial charge in [-0.25, -0.2) is 4.98 Å². The summed E-state index contributed by atoms with van der Waals surface area (Å²) in [6, 6.07) is 0. The molecular formula is C14H19N3O2S. The van der Waals surface area contributed by atoms with Gasteiger partial charge in [0.2, 0.25) is 5.78 Å². The van der Waals surface area contributed by atoms with Gasteiger partial charge in [-0.2, -0.15) is 0 Å². The van der Waals surface area contributed by atoms with Crippen molar-refractivity contribution in [2.45, 2.75) is 26.2 Å². The van der Waals surface area contributed by atoms with Gasteiger partial charge in [0, 0.05) is 6.54 Å². The second-order valence-corrected chi connectivity index (χ2v) is 6.38. The van der Waals surface area contributed by atoms with Crippen molar-refractivity contribution in [1.82, 2.24) is 9.88 Å². The van der Waals surface area contributed by atoms with Crippen molar-refractivity contribution in [1.29, 1.82) is 0 Å². The van der Waals surface area contributed by atoms with Crippen LogP contribution in [0.1, 0.15) is 44.4 Å². The Hall–Kier alpha value is -1.40. The van der Waals surface area contributed by atoms with Crippen LogP contribution in [0.15, 0.2) is 4.99 Å². The molecule has 1 heterocycles. The minimum absolute atomic E-state index is 0.0303. The molecule has 2 rings (SSSR count). The van der Waals surface area contributed by atoms with Crippen LogP contribution in [-0.4, -0.2) is 54.3 Å². The van der Waals surface area contributed by atoms with E-state index in [9.17, 15) is 9.59 Å². The van der Waals surface area contributed by atoms with E-state index in [1.807, 2.05) is 21.0 Å². The lowest BCUT2D eigenvalue weighted by Crippen LogP contribution is -2.26. The monoisotopic (exact) mass is 293 g/mol. The number of aliphatic imine (C=N–C) groups is 1. The van der Waals surface area contributed by atoms with E-state index in [0.29, 0.717) is 22.8 Å². The fraction of sp³-hybridized carbons (Fsp3) is 0.571. The molecule has 20 heavy (non-hydrogen) atoms. The van der Waals surface area contributed by atoms with Gasteiger partial charge in [-0.1, -0.05) is 0 Å². The first-order valence-electron chi connectivity index (χ1n) is 6.72. The number of hydrogen-bond donors (Lipinski definition) is 0. The zero-order valence-electron chi connectivity index (χ0n) is 12.1. The van der Waals surface area contributed by atoms with Crippen molar-refractivity contribution in [2.24, 2.45) is 4.99 Å². The minimum atomic E-state index is -0.170. The standard InChI is InChI=1S/C14H19N3O2S/c1-9-16-12-13(19)10(8-11(18)14(12)20-9)15-6-4-5-7-17(2)3/h4-8H2,1-3H3. The van der Waals surface area contributed by atoms with E-state index in [-0.39, 0.29) is 18.0 Å². The fourth-order valence-corrected chi connectivity index (χ4v) is 2.95. The normalized spacial score (nSPS) is 17.1. The van der Waals surface area contributed by atoms with Gasteiger partial charge in [0.1, 0.15) is 10.6 Å². The fourth-order valence-electron chi connectivity index (χ4n) is 2.10. The van der Waals surface area contributed by atoms with Gasteiger partial charge in [-0.15, -0.1) is 11.3 Å². The maximum atomic E-state index is 12.2. The molecule has 0 fully saturated rings. The van der Waals surface area contributed by atoms with Gasteiger partial charge in [-0.3, -0.25) is 14.6 Å². The molecule has 0 atom stereocenters. The summed E-state index contributed by atoms with van der Waals surface area (Å²) in [5.74, 6) is -0.200. The van der Waals surface area contributed by atoms with E-state index in [2.05, 4.69) is 14.9 Å². The third-order valence-corrected chi connectivity index (χ3v) is 4.12. The molecule has 0 spiro atoms. The van der Waals surface area contributed by atoms with E-state index in [1.165, 1.54) is 11.3 Å². The predicted octanol–water partition coefficient (Wildman–Crippen LogP) is 2.00. The number of carbonyl (C=O) groups excluding carboxylic acids is 2. The Morgan fingerprint density at radius 3 is 2.75 bits per heavy atom. The SMILES string of the molecule is Cc1nc2c(s1)C(=O)CC(=NCCCCN(C)C)C2=O. The third-order valence-electron chi connectivity index (χ3n) is 3.11. The average molecular weight is 293 g/mol. The second kappa shape index (κ2) is 6.37. The quantitative estimate of drug-likeness (QED) is 0.779. The highest BCUT2D eigenvalue weighted by atomic mass is 32.1. The van der Waals surface area contributed by atoms with E-state index < -0.39 is 0 Å². The summed E-state index contributed by atoms with van der Waals surface area (Å²) in [7, 11) is 4.06. The van der Waals surface area contributed by atoms with E-state index >= 15 is 0 Å². The molecule has 0 unspecified atom stereocenters. The molecule has 108 valence electrons. The highest BCUT2D eigenvalue weighted by molar-refractivity contribution is 7.14. The summed E-state index contributed by atoms with van der Waals surface area (Å²) in [4.78, 5) is 35.3. The van der Waals surface area contributed by atoms with Crippen molar-refractivity contribution < 1.29 is 9.59 Å². The van der Waals surface area contributed by atoms with Crippen molar-refractivity contribution >= 4 is 28.6 Å². The van der Waals surface area contributed by atoms with Crippen LogP contribution < -0.4 is 0 Å². The number of ketones is 2. The Bertz CT molecular complexity index is 561. The Balaban J connectivity index is 2.00. The highest BCUT2D eigenvalue weighted by Crippen LogP contribution is 2.25. The summed E-state index contributed by atoms with van der Waals surface area (Å²) in [6.07, 6.45) is 2.08. The van der Waals surface area contributed by atoms with Gasteiger partial charge in [0.15, 0.2) is 5.78 Å². The van der Waals surface area contributed by atoms with Crippen LogP contribution in [0.4, 0.5) is 0 Å². The van der Waals surface area contributed by atoms with Crippen LogP contribution in [-0.2, 0) is 0 Å². The Kier molecular flexibility index (Phi) is 4.77. The smallest absolute Gasteiger partial charge is 0.227 e. The lowest BCUT2D eigenvalue weighted by atomic mass is 9.98. The molecule has 6 heteroatoms. The van der Waals surface area contributed by atoms with E-state index in [4.69, 9.17) is 0 Å². The van der Waals surface area contributed by atoms with Crippen molar-refractivity contribution in [3.63, 3.8) is 0 Å². The van der Waals surface area contributed by atoms with Gasteiger partial charge >= 0.3 is 0 Å². The lowest BCUT2D eigenvalue weighted by Gasteiger charge is -2.11. The molecule has 0 aliphatic heterocycles. The van der Waals surface area contributed by atoms with Gasteiger partial charge in [-0.05, 0) is 40.4 Å². The van der Waals surface area contributed by atoms with Crippen LogP contribution >= 0.6 is 11.3 Å². The number of unbranched alkanes of at least 4 members (excludes halogenated alkanes) is 1. The number of thiazole rings is 1. The van der Waals surface area contributed by atoms with E-state index in [0.717, 1.165) is 24.4 Å². The van der Waals surface area contributed by atoms with Crippen LogP contribution in [0.25, 0.3) is 0 Å². The number of rotatable bonds is 5. The molecule has 0 amide bonds. The Labute approximate surface area is 122 Å². The van der Waals surface area contributed by atoms with Gasteiger partial charge in [0.05, 0.1) is 17.1 Å². The number of hydrogen-bond acceptors (Lipinski definition) is 6. The molecule has 5 nitrogen and oxygen atoms in total. The predicted molar refractivity (Wildman–Crippen MR) is 80.2 cm³/mol. The summed E-state index contributed by atoms with van der Waals surface area (Å²) in [6.45, 7) is 3.41. The topological polar surface area (TPSA) is 62.6 Å². The minimum Gasteiger partial charge on any atom is -0.309 e. The first kappa shape index (κ1) is 15.0. The molecule has 0 aromatic carbocycles. The number of nitrogens with zero attached hydrogens (tertiary/aromatic N) is 3. The first-order chi connectivity index (χ1) is 9.49. The molecule has 0 radical (unpaired) electrons. The molecule has 1 aromatic heterocycles. The average Bonchev–Trinajstić information content (AvgIpc) is 2.77. The zero-order valence-corrected chi connectivity index (χ0v) is 12.9. The highest BCUT2D eigenvalue weighted by Gasteiger charge is 2.32. The molecule has 1 aliphatic rings. The summed E-state index contributed by atoms with van der Waals surface area (Å²) in [5.41, 5.74) is 0.674. The van der Waals surface area contributed by atoms with Crippen molar-refractivity contribution in [3.8, 4) is 0 Å². The molecule has 0 saturated heterocycles. The molecule has 0 saturated carbocycles. The number of Topliss-reactive ketones (excluding diaryl/α,β-unsaturated/α-hetero) is 2. The first-order valence-corrected chi connectivity index (χ1v) is 7.54. The molecule has 1 aromatic rings. The van der Waals surface area contributed by atoms with Crippen LogP contribution in [0.2, 0.25) is 0 Å². The number of aromatic nitrogens is 1. The maximum Gasteiger partial charge on any atom is 0.227 e. The largest absolute Gasteiger partial charge is 0.309 e. The zero-order chi connectivity index (χ0) is 14.7. The van der Waals surface area contributed by atoms with Crippen molar-refractivity contribution in [3.05, 3.63) is 15.6 Å². The Morgan fingerprint density at radius 2 is 2.05 bits per heavy atom. The summed E-state index contributed by atoms with van der Waals surface area (Å²) >= 11 is 1.30. The maximum absolute atomic E-state index is 12.2. The molecular weight excluding hydrogens is 274 g/mol. The van der Waals surface area contributed by atoms with Gasteiger partial charge < -0.3 is 4.90 Å². The summed E-state index contributed by atoms with van der Waals surface area (Å²) in [5, 5.41) is 0.754. The van der Waals surface area contributed by atoms with Crippen LogP contribution in [0.3, 0.4) is 0 Å². The number of fused-ring (bicyclic) bond motifs is 1. The van der Waals surface area contributed by atoms with Gasteiger partial charge in [0.25, 0.3) is 0 Å². The Morgan fingerprint density at radius 1 is 1.30 bits per heavy atom. The van der Waals surface area contributed by atoms with Crippen LogP contribution in [0, 0.1) is 6.92 Å². The lowest BCUT2D eigenvalue weighted by molar-refractivity contribution is 0.0966. The number of carbonyl (C=O) groups is 2. The molecule has 0 bridgehead atoms. The molecule has 0 N–H and O–H groups in total. The van der Waals surface area contributed by atoms with Crippen LogP contribution in [0.5, 0.6) is 0 Å². The van der Waals surface area contributed by atoms with Crippen molar-refractivity contribution in [2.75, 3.05) is 27.2 Å². The second-order valence-electron chi connectivity index (χ2n) is 5.18. The summed E-state index contributed by atoms with van der Waals surface area (Å²) < 4.78 is 0.